The minimum atomic E-state index is 0.248. The topological polar surface area (TPSA) is 59.3 Å². The number of benzene rings is 1. The van der Waals surface area contributed by atoms with Crippen molar-refractivity contribution >= 4 is 0 Å². The molecule has 0 radical (unpaired) electrons. The van der Waals surface area contributed by atoms with E-state index in [1.165, 1.54) is 5.56 Å². The zero-order chi connectivity index (χ0) is 16.9. The highest BCUT2D eigenvalue weighted by Gasteiger charge is 2.25. The predicted molar refractivity (Wildman–Crippen MR) is 91.7 cm³/mol. The minimum absolute atomic E-state index is 0.248. The molecule has 1 fully saturated rings. The molecule has 0 bridgehead atoms. The summed E-state index contributed by atoms with van der Waals surface area (Å²) < 4.78 is 7.26. The Labute approximate surface area is 143 Å². The molecule has 0 N–H and O–H groups in total. The van der Waals surface area contributed by atoms with Crippen LogP contribution < -0.4 is 4.74 Å². The molecule has 1 unspecified atom stereocenters. The zero-order valence-electron chi connectivity index (χ0n) is 14.7. The Morgan fingerprint density at radius 1 is 1.12 bits per heavy atom. The standard InChI is InChI=1S/C17H26N6O/c1-4-24-16-7-5-15(6-8-16)13-22-9-11-23(12-10-22)14(2)17-18-19-20-21(17)3/h5-8,14H,4,9-13H2,1-3H3. The molecule has 2 aromatic rings. The number of aryl methyl sites for hydroxylation is 1. The largest absolute Gasteiger partial charge is 0.494 e. The molecule has 1 aromatic heterocycles. The third-order valence-corrected chi connectivity index (χ3v) is 4.62. The molecule has 1 aliphatic rings. The van der Waals surface area contributed by atoms with Crippen molar-refractivity contribution in [3.8, 4) is 5.75 Å². The Balaban J connectivity index is 1.51. The summed E-state index contributed by atoms with van der Waals surface area (Å²) in [5, 5.41) is 11.8. The molecule has 1 aliphatic heterocycles. The second kappa shape index (κ2) is 7.72. The van der Waals surface area contributed by atoms with Gasteiger partial charge < -0.3 is 4.74 Å². The number of hydrogen-bond acceptors (Lipinski definition) is 6. The molecule has 7 nitrogen and oxygen atoms in total. The van der Waals surface area contributed by atoms with Crippen molar-refractivity contribution in [2.24, 2.45) is 7.05 Å². The maximum absolute atomic E-state index is 5.50. The first-order valence-electron chi connectivity index (χ1n) is 8.57. The molecule has 0 spiro atoms. The fourth-order valence-corrected chi connectivity index (χ4v) is 3.18. The summed E-state index contributed by atoms with van der Waals surface area (Å²) in [6.07, 6.45) is 0. The van der Waals surface area contributed by atoms with E-state index in [9.17, 15) is 0 Å². The second-order valence-electron chi connectivity index (χ2n) is 6.23. The van der Waals surface area contributed by atoms with E-state index in [1.807, 2.05) is 14.0 Å². The lowest BCUT2D eigenvalue weighted by Crippen LogP contribution is -2.47. The van der Waals surface area contributed by atoms with Crippen LogP contribution in [-0.4, -0.2) is 62.8 Å². The lowest BCUT2D eigenvalue weighted by Gasteiger charge is -2.37. The van der Waals surface area contributed by atoms with Crippen molar-refractivity contribution in [1.82, 2.24) is 30.0 Å². The monoisotopic (exact) mass is 330 g/mol. The van der Waals surface area contributed by atoms with Gasteiger partial charge in [0.2, 0.25) is 0 Å². The van der Waals surface area contributed by atoms with Crippen molar-refractivity contribution < 1.29 is 4.74 Å². The second-order valence-corrected chi connectivity index (χ2v) is 6.23. The molecule has 1 saturated heterocycles. The van der Waals surface area contributed by atoms with Gasteiger partial charge in [-0.3, -0.25) is 9.80 Å². The third-order valence-electron chi connectivity index (χ3n) is 4.62. The van der Waals surface area contributed by atoms with Gasteiger partial charge in [-0.1, -0.05) is 12.1 Å². The Morgan fingerprint density at radius 3 is 2.42 bits per heavy atom. The van der Waals surface area contributed by atoms with Crippen LogP contribution in [0.4, 0.5) is 0 Å². The van der Waals surface area contributed by atoms with Gasteiger partial charge in [-0.05, 0) is 42.0 Å². The van der Waals surface area contributed by atoms with Crippen LogP contribution >= 0.6 is 0 Å². The van der Waals surface area contributed by atoms with Gasteiger partial charge in [0.1, 0.15) is 5.75 Å². The molecular weight excluding hydrogens is 304 g/mol. The molecule has 24 heavy (non-hydrogen) atoms. The quantitative estimate of drug-likeness (QED) is 0.800. The van der Waals surface area contributed by atoms with Crippen LogP contribution in [0.2, 0.25) is 0 Å². The first-order valence-corrected chi connectivity index (χ1v) is 8.57. The fraction of sp³-hybridized carbons (Fsp3) is 0.588. The van der Waals surface area contributed by atoms with E-state index in [1.54, 1.807) is 4.68 Å². The number of hydrogen-bond donors (Lipinski definition) is 0. The molecule has 7 heteroatoms. The summed E-state index contributed by atoms with van der Waals surface area (Å²) in [6, 6.07) is 8.67. The van der Waals surface area contributed by atoms with E-state index in [2.05, 4.69) is 56.5 Å². The number of tetrazole rings is 1. The van der Waals surface area contributed by atoms with Crippen molar-refractivity contribution in [2.45, 2.75) is 26.4 Å². The summed E-state index contributed by atoms with van der Waals surface area (Å²) in [5.74, 6) is 1.87. The Bertz CT molecular complexity index is 633. The zero-order valence-corrected chi connectivity index (χ0v) is 14.7. The lowest BCUT2D eigenvalue weighted by molar-refractivity contribution is 0.0933. The van der Waals surface area contributed by atoms with Gasteiger partial charge >= 0.3 is 0 Å². The van der Waals surface area contributed by atoms with E-state index >= 15 is 0 Å². The van der Waals surface area contributed by atoms with Crippen molar-refractivity contribution in [3.05, 3.63) is 35.7 Å². The summed E-state index contributed by atoms with van der Waals surface area (Å²) >= 11 is 0. The summed E-state index contributed by atoms with van der Waals surface area (Å²) in [4.78, 5) is 4.94. The minimum Gasteiger partial charge on any atom is -0.494 e. The van der Waals surface area contributed by atoms with Gasteiger partial charge in [-0.2, -0.15) is 0 Å². The van der Waals surface area contributed by atoms with Crippen LogP contribution in [0.1, 0.15) is 31.3 Å². The molecule has 0 aliphatic carbocycles. The van der Waals surface area contributed by atoms with Crippen LogP contribution in [0.15, 0.2) is 24.3 Å². The van der Waals surface area contributed by atoms with Crippen molar-refractivity contribution in [2.75, 3.05) is 32.8 Å². The van der Waals surface area contributed by atoms with E-state index in [-0.39, 0.29) is 6.04 Å². The van der Waals surface area contributed by atoms with Gasteiger partial charge in [0.15, 0.2) is 5.82 Å². The van der Waals surface area contributed by atoms with E-state index in [0.717, 1.165) is 44.3 Å². The molecule has 1 aromatic carbocycles. The lowest BCUT2D eigenvalue weighted by atomic mass is 10.1. The Kier molecular flexibility index (Phi) is 5.42. The maximum Gasteiger partial charge on any atom is 0.167 e. The van der Waals surface area contributed by atoms with Crippen LogP contribution in [0.25, 0.3) is 0 Å². The van der Waals surface area contributed by atoms with Crippen molar-refractivity contribution in [1.29, 1.82) is 0 Å². The van der Waals surface area contributed by atoms with Gasteiger partial charge in [0, 0.05) is 39.8 Å². The van der Waals surface area contributed by atoms with Crippen LogP contribution in [0.5, 0.6) is 5.75 Å². The predicted octanol–water partition coefficient (Wildman–Crippen LogP) is 1.49. The number of rotatable bonds is 6. The molecule has 130 valence electrons. The van der Waals surface area contributed by atoms with Crippen LogP contribution in [0, 0.1) is 0 Å². The Morgan fingerprint density at radius 2 is 1.83 bits per heavy atom. The highest BCUT2D eigenvalue weighted by atomic mass is 16.5. The maximum atomic E-state index is 5.50. The van der Waals surface area contributed by atoms with Gasteiger partial charge in [-0.15, -0.1) is 5.10 Å². The number of aromatic nitrogens is 4. The van der Waals surface area contributed by atoms with E-state index < -0.39 is 0 Å². The van der Waals surface area contributed by atoms with E-state index in [0.29, 0.717) is 6.61 Å². The number of piperazine rings is 1. The highest BCUT2D eigenvalue weighted by molar-refractivity contribution is 5.27. The first kappa shape index (κ1) is 16.9. The van der Waals surface area contributed by atoms with Crippen LogP contribution in [-0.2, 0) is 13.6 Å². The summed E-state index contributed by atoms with van der Waals surface area (Å²) in [5.41, 5.74) is 1.33. The number of ether oxygens (including phenoxy) is 1. The smallest absolute Gasteiger partial charge is 0.167 e. The van der Waals surface area contributed by atoms with Crippen LogP contribution in [0.3, 0.4) is 0 Å². The molecule has 3 rings (SSSR count). The van der Waals surface area contributed by atoms with Crippen molar-refractivity contribution in [3.63, 3.8) is 0 Å². The fourth-order valence-electron chi connectivity index (χ4n) is 3.18. The average molecular weight is 330 g/mol. The number of nitrogens with zero attached hydrogens (tertiary/aromatic N) is 6. The highest BCUT2D eigenvalue weighted by Crippen LogP contribution is 2.20. The molecule has 0 amide bonds. The molecule has 1 atom stereocenters. The normalized spacial score (nSPS) is 17.8. The molecular formula is C17H26N6O. The van der Waals surface area contributed by atoms with E-state index in [4.69, 9.17) is 4.74 Å². The molecule has 0 saturated carbocycles. The average Bonchev–Trinajstić information content (AvgIpc) is 3.03. The van der Waals surface area contributed by atoms with Gasteiger partial charge in [0.05, 0.1) is 12.6 Å². The molecule has 2 heterocycles. The van der Waals surface area contributed by atoms with Gasteiger partial charge in [0.25, 0.3) is 0 Å². The van der Waals surface area contributed by atoms with Gasteiger partial charge in [-0.25, -0.2) is 4.68 Å². The summed E-state index contributed by atoms with van der Waals surface area (Å²) in [7, 11) is 1.90. The third kappa shape index (κ3) is 3.91. The SMILES string of the molecule is CCOc1ccc(CN2CCN(C(C)c3nnnn3C)CC2)cc1. The summed E-state index contributed by atoms with van der Waals surface area (Å²) in [6.45, 7) is 10.1. The Hall–Kier alpha value is -1.99. The first-order chi connectivity index (χ1) is 11.7.